The van der Waals surface area contributed by atoms with Gasteiger partial charge in [0.2, 0.25) is 0 Å². The molecule has 0 bridgehead atoms. The van der Waals surface area contributed by atoms with E-state index in [-0.39, 0.29) is 12.1 Å². The molecule has 17 heavy (non-hydrogen) atoms. The summed E-state index contributed by atoms with van der Waals surface area (Å²) < 4.78 is 10.5. The van der Waals surface area contributed by atoms with E-state index in [1.165, 1.54) is 0 Å². The van der Waals surface area contributed by atoms with Gasteiger partial charge in [0, 0.05) is 12.0 Å². The van der Waals surface area contributed by atoms with Crippen LogP contribution in [0.3, 0.4) is 0 Å². The van der Waals surface area contributed by atoms with E-state index < -0.39 is 0 Å². The first-order chi connectivity index (χ1) is 8.20. The molecule has 0 fully saturated rings. The molecule has 1 atom stereocenters. The summed E-state index contributed by atoms with van der Waals surface area (Å²) in [5, 5.41) is 2.86. The molecule has 4 heteroatoms. The van der Waals surface area contributed by atoms with Gasteiger partial charge in [-0.05, 0) is 19.9 Å². The van der Waals surface area contributed by atoms with Gasteiger partial charge in [0.25, 0.3) is 0 Å². The number of nitrogens with one attached hydrogen (secondary N) is 1. The minimum atomic E-state index is -0.369. The van der Waals surface area contributed by atoms with Gasteiger partial charge in [-0.1, -0.05) is 17.7 Å². The van der Waals surface area contributed by atoms with Crippen LogP contribution in [-0.2, 0) is 4.74 Å². The topological polar surface area (TPSA) is 47.6 Å². The molecule has 0 radical (unpaired) electrons. The Balaban J connectivity index is 2.16. The molecule has 0 saturated heterocycles. The summed E-state index contributed by atoms with van der Waals surface area (Å²) >= 11 is 0. The van der Waals surface area contributed by atoms with Crippen molar-refractivity contribution in [3.05, 3.63) is 29.3 Å². The maximum absolute atomic E-state index is 11.4. The number of benzene rings is 1. The normalized spacial score (nSPS) is 17.9. The lowest BCUT2D eigenvalue weighted by molar-refractivity contribution is 0.143. The van der Waals surface area contributed by atoms with Gasteiger partial charge in [0.05, 0.1) is 19.3 Å². The van der Waals surface area contributed by atoms with E-state index >= 15 is 0 Å². The Bertz CT molecular complexity index is 417. The van der Waals surface area contributed by atoms with E-state index in [9.17, 15) is 4.79 Å². The maximum atomic E-state index is 11.4. The highest BCUT2D eigenvalue weighted by Crippen LogP contribution is 2.32. The van der Waals surface area contributed by atoms with E-state index in [0.29, 0.717) is 13.2 Å². The SMILES string of the molecule is CCOC(=O)NC1CCOc2ccc(C)cc21. The average Bonchev–Trinajstić information content (AvgIpc) is 2.30. The van der Waals surface area contributed by atoms with Gasteiger partial charge >= 0.3 is 6.09 Å². The van der Waals surface area contributed by atoms with Gasteiger partial charge < -0.3 is 14.8 Å². The van der Waals surface area contributed by atoms with Crippen molar-refractivity contribution in [2.24, 2.45) is 0 Å². The molecule has 1 heterocycles. The van der Waals surface area contributed by atoms with Crippen LogP contribution in [0.15, 0.2) is 18.2 Å². The van der Waals surface area contributed by atoms with E-state index in [2.05, 4.69) is 5.32 Å². The molecule has 0 spiro atoms. The van der Waals surface area contributed by atoms with Crippen molar-refractivity contribution < 1.29 is 14.3 Å². The molecule has 1 unspecified atom stereocenters. The molecule has 1 aromatic rings. The fourth-order valence-electron chi connectivity index (χ4n) is 1.98. The second-order valence-electron chi connectivity index (χ2n) is 4.10. The van der Waals surface area contributed by atoms with Gasteiger partial charge in [-0.25, -0.2) is 4.79 Å². The molecular weight excluding hydrogens is 218 g/mol. The standard InChI is InChI=1S/C13H17NO3/c1-3-16-13(15)14-11-6-7-17-12-5-4-9(2)8-10(11)12/h4-5,8,11H,3,6-7H2,1-2H3,(H,14,15). The van der Waals surface area contributed by atoms with Gasteiger partial charge in [-0.3, -0.25) is 0 Å². The first kappa shape index (κ1) is 11.8. The molecule has 0 saturated carbocycles. The van der Waals surface area contributed by atoms with Gasteiger partial charge in [-0.15, -0.1) is 0 Å². The number of rotatable bonds is 2. The molecule has 4 nitrogen and oxygen atoms in total. The number of hydrogen-bond donors (Lipinski definition) is 1. The zero-order chi connectivity index (χ0) is 12.3. The molecule has 2 rings (SSSR count). The lowest BCUT2D eigenvalue weighted by atomic mass is 9.99. The summed E-state index contributed by atoms with van der Waals surface area (Å²) in [6.07, 6.45) is 0.404. The minimum Gasteiger partial charge on any atom is -0.493 e. The second kappa shape index (κ2) is 5.08. The molecule has 1 aromatic carbocycles. The van der Waals surface area contributed by atoms with E-state index in [1.807, 2.05) is 25.1 Å². The van der Waals surface area contributed by atoms with Crippen molar-refractivity contribution >= 4 is 6.09 Å². The molecule has 1 aliphatic heterocycles. The first-order valence-electron chi connectivity index (χ1n) is 5.87. The van der Waals surface area contributed by atoms with E-state index in [0.717, 1.165) is 23.3 Å². The molecule has 1 aliphatic rings. The highest BCUT2D eigenvalue weighted by molar-refractivity contribution is 5.68. The summed E-state index contributed by atoms with van der Waals surface area (Å²) in [5.74, 6) is 0.851. The highest BCUT2D eigenvalue weighted by atomic mass is 16.5. The molecule has 1 N–H and O–H groups in total. The number of amides is 1. The number of carbonyl (C=O) groups is 1. The van der Waals surface area contributed by atoms with Gasteiger partial charge in [-0.2, -0.15) is 0 Å². The molecule has 1 amide bonds. The Morgan fingerprint density at radius 2 is 2.41 bits per heavy atom. The summed E-state index contributed by atoms with van der Waals surface area (Å²) in [6, 6.07) is 5.98. The highest BCUT2D eigenvalue weighted by Gasteiger charge is 2.23. The van der Waals surface area contributed by atoms with Crippen molar-refractivity contribution in [3.63, 3.8) is 0 Å². The smallest absolute Gasteiger partial charge is 0.407 e. The number of aryl methyl sites for hydroxylation is 1. The van der Waals surface area contributed by atoms with Crippen molar-refractivity contribution in [2.75, 3.05) is 13.2 Å². The number of ether oxygens (including phenoxy) is 2. The number of carbonyl (C=O) groups excluding carboxylic acids is 1. The predicted molar refractivity (Wildman–Crippen MR) is 64.2 cm³/mol. The van der Waals surface area contributed by atoms with Crippen molar-refractivity contribution in [1.29, 1.82) is 0 Å². The Morgan fingerprint density at radius 1 is 1.59 bits per heavy atom. The third-order valence-corrected chi connectivity index (χ3v) is 2.77. The summed E-state index contributed by atoms with van der Waals surface area (Å²) in [5.41, 5.74) is 2.19. The van der Waals surface area contributed by atoms with E-state index in [4.69, 9.17) is 9.47 Å². The van der Waals surface area contributed by atoms with Crippen LogP contribution in [0.2, 0.25) is 0 Å². The summed E-state index contributed by atoms with van der Waals surface area (Å²) in [7, 11) is 0. The molecule has 0 aromatic heterocycles. The quantitative estimate of drug-likeness (QED) is 0.857. The Labute approximate surface area is 101 Å². The Kier molecular flexibility index (Phi) is 3.52. The number of fused-ring (bicyclic) bond motifs is 1. The summed E-state index contributed by atoms with van der Waals surface area (Å²) in [4.78, 5) is 11.4. The molecule has 92 valence electrons. The van der Waals surface area contributed by atoms with E-state index in [1.54, 1.807) is 6.92 Å². The van der Waals surface area contributed by atoms with Crippen molar-refractivity contribution in [1.82, 2.24) is 5.32 Å². The zero-order valence-corrected chi connectivity index (χ0v) is 10.2. The predicted octanol–water partition coefficient (Wildman–Crippen LogP) is 2.56. The van der Waals surface area contributed by atoms with Crippen LogP contribution in [0.5, 0.6) is 5.75 Å². The maximum Gasteiger partial charge on any atom is 0.407 e. The lowest BCUT2D eigenvalue weighted by Crippen LogP contribution is -2.32. The van der Waals surface area contributed by atoms with Crippen molar-refractivity contribution in [2.45, 2.75) is 26.3 Å². The number of hydrogen-bond acceptors (Lipinski definition) is 3. The first-order valence-corrected chi connectivity index (χ1v) is 5.87. The monoisotopic (exact) mass is 235 g/mol. The average molecular weight is 235 g/mol. The van der Waals surface area contributed by atoms with Gasteiger partial charge in [0.1, 0.15) is 5.75 Å². The second-order valence-corrected chi connectivity index (χ2v) is 4.10. The van der Waals surface area contributed by atoms with Crippen LogP contribution in [0.4, 0.5) is 4.79 Å². The van der Waals surface area contributed by atoms with Gasteiger partial charge in [0.15, 0.2) is 0 Å². The zero-order valence-electron chi connectivity index (χ0n) is 10.2. The third-order valence-electron chi connectivity index (χ3n) is 2.77. The minimum absolute atomic E-state index is 0.0160. The summed E-state index contributed by atoms with van der Waals surface area (Å²) in [6.45, 7) is 4.82. The number of alkyl carbamates (subject to hydrolysis) is 1. The van der Waals surface area contributed by atoms with Crippen LogP contribution in [-0.4, -0.2) is 19.3 Å². The van der Waals surface area contributed by atoms with Crippen molar-refractivity contribution in [3.8, 4) is 5.75 Å². The fraction of sp³-hybridized carbons (Fsp3) is 0.462. The Hall–Kier alpha value is -1.71. The van der Waals surface area contributed by atoms with Crippen LogP contribution < -0.4 is 10.1 Å². The third kappa shape index (κ3) is 2.70. The van der Waals surface area contributed by atoms with Crippen LogP contribution in [0.1, 0.15) is 30.5 Å². The Morgan fingerprint density at radius 3 is 3.18 bits per heavy atom. The van der Waals surface area contributed by atoms with Crippen LogP contribution in [0.25, 0.3) is 0 Å². The largest absolute Gasteiger partial charge is 0.493 e. The fourth-order valence-corrected chi connectivity index (χ4v) is 1.98. The molecule has 0 aliphatic carbocycles. The molecular formula is C13H17NO3. The van der Waals surface area contributed by atoms with Crippen LogP contribution >= 0.6 is 0 Å². The lowest BCUT2D eigenvalue weighted by Gasteiger charge is -2.26. The van der Waals surface area contributed by atoms with Crippen LogP contribution in [0, 0.1) is 6.92 Å².